The Kier molecular flexibility index (Phi) is 2.75. The van der Waals surface area contributed by atoms with Crippen LogP contribution in [0.15, 0.2) is 18.2 Å². The standard InChI is InChI=1S/C12H12FNO3/c1-7-6-8-9(14(7)12(15)17-3)4-5-10(16-2)11(8)13/h4-6H,1-3H3. The summed E-state index contributed by atoms with van der Waals surface area (Å²) >= 11 is 0. The zero-order valence-electron chi connectivity index (χ0n) is 9.78. The number of aryl methyl sites for hydroxylation is 1. The summed E-state index contributed by atoms with van der Waals surface area (Å²) in [7, 11) is 2.68. The minimum atomic E-state index is -0.540. The molecule has 0 atom stereocenters. The molecule has 4 nitrogen and oxygen atoms in total. The maximum absolute atomic E-state index is 13.9. The molecule has 0 spiro atoms. The number of carbonyl (C=O) groups is 1. The van der Waals surface area contributed by atoms with E-state index in [0.29, 0.717) is 16.6 Å². The summed E-state index contributed by atoms with van der Waals surface area (Å²) < 4.78 is 24.8. The van der Waals surface area contributed by atoms with Gasteiger partial charge in [-0.05, 0) is 25.1 Å². The highest BCUT2D eigenvalue weighted by Crippen LogP contribution is 2.28. The number of hydrogen-bond donors (Lipinski definition) is 0. The summed E-state index contributed by atoms with van der Waals surface area (Å²) in [5.41, 5.74) is 1.08. The van der Waals surface area contributed by atoms with Crippen LogP contribution in [0, 0.1) is 12.7 Å². The van der Waals surface area contributed by atoms with E-state index in [2.05, 4.69) is 4.74 Å². The van der Waals surface area contributed by atoms with E-state index >= 15 is 0 Å². The average molecular weight is 237 g/mol. The maximum atomic E-state index is 13.9. The van der Waals surface area contributed by atoms with Gasteiger partial charge in [0.25, 0.3) is 0 Å². The molecule has 1 aromatic heterocycles. The van der Waals surface area contributed by atoms with Crippen molar-refractivity contribution >= 4 is 17.0 Å². The summed E-state index contributed by atoms with van der Waals surface area (Å²) in [6, 6.07) is 4.70. The van der Waals surface area contributed by atoms with Crippen LogP contribution in [-0.4, -0.2) is 24.9 Å². The van der Waals surface area contributed by atoms with Crippen LogP contribution in [0.4, 0.5) is 9.18 Å². The van der Waals surface area contributed by atoms with Crippen LogP contribution in [0.1, 0.15) is 5.69 Å². The van der Waals surface area contributed by atoms with Gasteiger partial charge >= 0.3 is 6.09 Å². The predicted molar refractivity (Wildman–Crippen MR) is 61.0 cm³/mol. The Balaban J connectivity index is 2.77. The van der Waals surface area contributed by atoms with Gasteiger partial charge in [-0.1, -0.05) is 0 Å². The van der Waals surface area contributed by atoms with Crippen molar-refractivity contribution in [3.05, 3.63) is 29.7 Å². The number of hydrogen-bond acceptors (Lipinski definition) is 3. The number of nitrogens with zero attached hydrogens (tertiary/aromatic N) is 1. The molecule has 1 heterocycles. The first kappa shape index (κ1) is 11.4. The number of aromatic nitrogens is 1. The lowest BCUT2D eigenvalue weighted by Gasteiger charge is -2.06. The summed E-state index contributed by atoms with van der Waals surface area (Å²) in [6.07, 6.45) is -0.540. The second kappa shape index (κ2) is 4.08. The summed E-state index contributed by atoms with van der Waals surface area (Å²) in [6.45, 7) is 1.71. The smallest absolute Gasteiger partial charge is 0.418 e. The molecule has 0 radical (unpaired) electrons. The third kappa shape index (κ3) is 1.63. The van der Waals surface area contributed by atoms with Gasteiger partial charge in [0.15, 0.2) is 11.6 Å². The Morgan fingerprint density at radius 1 is 1.35 bits per heavy atom. The quantitative estimate of drug-likeness (QED) is 0.765. The first-order valence-corrected chi connectivity index (χ1v) is 5.03. The predicted octanol–water partition coefficient (Wildman–Crippen LogP) is 2.71. The Morgan fingerprint density at radius 2 is 2.06 bits per heavy atom. The van der Waals surface area contributed by atoms with Gasteiger partial charge in [0.1, 0.15) is 0 Å². The van der Waals surface area contributed by atoms with E-state index < -0.39 is 11.9 Å². The van der Waals surface area contributed by atoms with Gasteiger partial charge in [0, 0.05) is 11.1 Å². The molecule has 1 aromatic carbocycles. The SMILES string of the molecule is COC(=O)n1c(C)cc2c(F)c(OC)ccc21. The zero-order chi connectivity index (χ0) is 12.6. The van der Waals surface area contributed by atoms with Gasteiger partial charge in [0.2, 0.25) is 0 Å². The minimum Gasteiger partial charge on any atom is -0.494 e. The van der Waals surface area contributed by atoms with Crippen molar-refractivity contribution in [3.8, 4) is 5.75 Å². The zero-order valence-corrected chi connectivity index (χ0v) is 9.78. The molecule has 0 saturated heterocycles. The van der Waals surface area contributed by atoms with Crippen molar-refractivity contribution < 1.29 is 18.7 Å². The lowest BCUT2D eigenvalue weighted by atomic mass is 10.2. The fourth-order valence-corrected chi connectivity index (χ4v) is 1.85. The average Bonchev–Trinajstić information content (AvgIpc) is 2.66. The highest BCUT2D eigenvalue weighted by atomic mass is 19.1. The summed E-state index contributed by atoms with van der Waals surface area (Å²) in [5, 5.41) is 0.340. The van der Waals surface area contributed by atoms with Crippen LogP contribution in [0.5, 0.6) is 5.75 Å². The molecule has 0 amide bonds. The number of rotatable bonds is 1. The highest BCUT2D eigenvalue weighted by molar-refractivity contribution is 5.92. The van der Waals surface area contributed by atoms with E-state index in [0.717, 1.165) is 0 Å². The van der Waals surface area contributed by atoms with Gasteiger partial charge in [0.05, 0.1) is 19.7 Å². The van der Waals surface area contributed by atoms with E-state index in [4.69, 9.17) is 4.74 Å². The van der Waals surface area contributed by atoms with Gasteiger partial charge in [-0.15, -0.1) is 0 Å². The molecule has 17 heavy (non-hydrogen) atoms. The van der Waals surface area contributed by atoms with Crippen LogP contribution in [0.3, 0.4) is 0 Å². The number of halogens is 1. The summed E-state index contributed by atoms with van der Waals surface area (Å²) in [5.74, 6) is -0.324. The Morgan fingerprint density at radius 3 is 2.65 bits per heavy atom. The largest absolute Gasteiger partial charge is 0.494 e. The fraction of sp³-hybridized carbons (Fsp3) is 0.250. The van der Waals surface area contributed by atoms with Gasteiger partial charge in [-0.25, -0.2) is 13.8 Å². The van der Waals surface area contributed by atoms with E-state index in [9.17, 15) is 9.18 Å². The molecule has 0 bridgehead atoms. The molecule has 5 heteroatoms. The lowest BCUT2D eigenvalue weighted by molar-refractivity contribution is 0.173. The molecule has 0 N–H and O–H groups in total. The van der Waals surface area contributed by atoms with Crippen LogP contribution in [0.2, 0.25) is 0 Å². The van der Waals surface area contributed by atoms with Crippen molar-refractivity contribution in [2.24, 2.45) is 0 Å². The van der Waals surface area contributed by atoms with Crippen molar-refractivity contribution in [2.45, 2.75) is 6.92 Å². The molecule has 2 aromatic rings. The monoisotopic (exact) mass is 237 g/mol. The van der Waals surface area contributed by atoms with Gasteiger partial charge < -0.3 is 9.47 Å². The minimum absolute atomic E-state index is 0.152. The number of carbonyl (C=O) groups excluding carboxylic acids is 1. The van der Waals surface area contributed by atoms with Crippen LogP contribution in [-0.2, 0) is 4.74 Å². The van der Waals surface area contributed by atoms with E-state index in [-0.39, 0.29) is 5.75 Å². The Hall–Kier alpha value is -2.04. The van der Waals surface area contributed by atoms with Crippen molar-refractivity contribution in [2.75, 3.05) is 14.2 Å². The van der Waals surface area contributed by atoms with Crippen molar-refractivity contribution in [1.82, 2.24) is 4.57 Å². The fourth-order valence-electron chi connectivity index (χ4n) is 1.85. The third-order valence-corrected chi connectivity index (χ3v) is 2.65. The van der Waals surface area contributed by atoms with E-state index in [1.165, 1.54) is 24.9 Å². The molecular weight excluding hydrogens is 225 g/mol. The third-order valence-electron chi connectivity index (χ3n) is 2.65. The number of fused-ring (bicyclic) bond motifs is 1. The summed E-state index contributed by atoms with van der Waals surface area (Å²) in [4.78, 5) is 11.6. The van der Waals surface area contributed by atoms with E-state index in [1.54, 1.807) is 19.1 Å². The van der Waals surface area contributed by atoms with Crippen LogP contribution in [0.25, 0.3) is 10.9 Å². The molecule has 0 aliphatic rings. The lowest BCUT2D eigenvalue weighted by Crippen LogP contribution is -2.12. The number of ether oxygens (including phenoxy) is 2. The topological polar surface area (TPSA) is 40.5 Å². The first-order valence-electron chi connectivity index (χ1n) is 5.03. The maximum Gasteiger partial charge on any atom is 0.418 e. The molecule has 2 rings (SSSR count). The van der Waals surface area contributed by atoms with Crippen molar-refractivity contribution in [1.29, 1.82) is 0 Å². The van der Waals surface area contributed by atoms with Gasteiger partial charge in [-0.3, -0.25) is 0 Å². The molecule has 0 fully saturated rings. The van der Waals surface area contributed by atoms with Crippen LogP contribution >= 0.6 is 0 Å². The molecule has 0 aliphatic heterocycles. The normalized spacial score (nSPS) is 10.6. The number of methoxy groups -OCH3 is 2. The van der Waals surface area contributed by atoms with E-state index in [1.807, 2.05) is 0 Å². The van der Waals surface area contributed by atoms with Crippen molar-refractivity contribution in [3.63, 3.8) is 0 Å². The molecule has 0 aliphatic carbocycles. The molecule has 90 valence electrons. The Bertz CT molecular complexity index is 589. The second-order valence-electron chi connectivity index (χ2n) is 3.61. The Labute approximate surface area is 97.5 Å². The highest BCUT2D eigenvalue weighted by Gasteiger charge is 2.17. The molecular formula is C12H12FNO3. The van der Waals surface area contributed by atoms with Gasteiger partial charge in [-0.2, -0.15) is 0 Å². The number of benzene rings is 1. The second-order valence-corrected chi connectivity index (χ2v) is 3.61. The molecule has 0 saturated carbocycles. The van der Waals surface area contributed by atoms with Crippen LogP contribution < -0.4 is 4.74 Å². The molecule has 0 unspecified atom stereocenters. The first-order chi connectivity index (χ1) is 8.10.